The molecule has 0 radical (unpaired) electrons. The van der Waals surface area contributed by atoms with E-state index in [9.17, 15) is 0 Å². The van der Waals surface area contributed by atoms with Gasteiger partial charge in [-0.05, 0) is 44.1 Å². The van der Waals surface area contributed by atoms with E-state index in [0.29, 0.717) is 0 Å². The molecule has 0 amide bonds. The molecule has 2 unspecified atom stereocenters. The highest BCUT2D eigenvalue weighted by atomic mass is 15.2. The van der Waals surface area contributed by atoms with Crippen molar-refractivity contribution < 1.29 is 0 Å². The Labute approximate surface area is 137 Å². The third-order valence-corrected chi connectivity index (χ3v) is 5.26. The number of guanidine groups is 1. The zero-order valence-corrected chi connectivity index (χ0v) is 14.9. The number of aliphatic imine (C=N–C) groups is 1. The fourth-order valence-corrected chi connectivity index (χ4v) is 3.45. The highest BCUT2D eigenvalue weighted by Crippen LogP contribution is 2.31. The third kappa shape index (κ3) is 5.79. The lowest BCUT2D eigenvalue weighted by molar-refractivity contribution is 0.314. The van der Waals surface area contributed by atoms with Gasteiger partial charge in [0, 0.05) is 32.7 Å². The van der Waals surface area contributed by atoms with Crippen LogP contribution in [0.25, 0.3) is 0 Å². The molecule has 1 heterocycles. The summed E-state index contributed by atoms with van der Waals surface area (Å²) < 4.78 is 0. The van der Waals surface area contributed by atoms with Crippen molar-refractivity contribution >= 4 is 5.96 Å². The van der Waals surface area contributed by atoms with Crippen molar-refractivity contribution in [1.29, 1.82) is 0 Å². The molecule has 1 aliphatic carbocycles. The molecule has 22 heavy (non-hydrogen) atoms. The molecule has 4 nitrogen and oxygen atoms in total. The van der Waals surface area contributed by atoms with Gasteiger partial charge in [-0.1, -0.05) is 33.1 Å². The van der Waals surface area contributed by atoms with Crippen LogP contribution in [0.5, 0.6) is 0 Å². The maximum absolute atomic E-state index is 4.38. The molecule has 2 aliphatic rings. The number of unbranched alkanes of at least 4 members (excludes halogenated alkanes) is 1. The minimum atomic E-state index is 0.773. The Balaban J connectivity index is 1.62. The summed E-state index contributed by atoms with van der Waals surface area (Å²) in [6.07, 6.45) is 9.42. The first kappa shape index (κ1) is 17.6. The Morgan fingerprint density at radius 3 is 2.68 bits per heavy atom. The number of nitrogens with zero attached hydrogens (tertiary/aromatic N) is 2. The van der Waals surface area contributed by atoms with E-state index in [1.54, 1.807) is 0 Å². The lowest BCUT2D eigenvalue weighted by Crippen LogP contribution is -2.42. The van der Waals surface area contributed by atoms with Gasteiger partial charge in [0.05, 0.1) is 0 Å². The number of hydrogen-bond acceptors (Lipinski definition) is 2. The molecule has 2 rings (SSSR count). The fourth-order valence-electron chi connectivity index (χ4n) is 3.45. The maximum atomic E-state index is 4.38. The van der Waals surface area contributed by atoms with Crippen molar-refractivity contribution in [2.45, 2.75) is 64.8 Å². The van der Waals surface area contributed by atoms with E-state index in [4.69, 9.17) is 0 Å². The summed E-state index contributed by atoms with van der Waals surface area (Å²) in [7, 11) is 1.88. The average molecular weight is 309 g/mol. The van der Waals surface area contributed by atoms with Crippen LogP contribution < -0.4 is 10.6 Å². The summed E-state index contributed by atoms with van der Waals surface area (Å²) in [5, 5.41) is 7.06. The second-order valence-electron chi connectivity index (χ2n) is 7.13. The van der Waals surface area contributed by atoms with Gasteiger partial charge in [-0.15, -0.1) is 0 Å². The van der Waals surface area contributed by atoms with Crippen molar-refractivity contribution in [3.05, 3.63) is 0 Å². The van der Waals surface area contributed by atoms with Crippen LogP contribution in [0, 0.1) is 11.8 Å². The molecular weight excluding hydrogens is 272 g/mol. The molecule has 0 spiro atoms. The Hall–Kier alpha value is -0.770. The van der Waals surface area contributed by atoms with Gasteiger partial charge in [0.1, 0.15) is 0 Å². The van der Waals surface area contributed by atoms with Crippen LogP contribution in [0.3, 0.4) is 0 Å². The first-order chi connectivity index (χ1) is 10.8. The Morgan fingerprint density at radius 2 is 2.05 bits per heavy atom. The summed E-state index contributed by atoms with van der Waals surface area (Å²) >= 11 is 0. The summed E-state index contributed by atoms with van der Waals surface area (Å²) in [5.74, 6) is 2.55. The van der Waals surface area contributed by atoms with Crippen molar-refractivity contribution in [1.82, 2.24) is 15.5 Å². The largest absolute Gasteiger partial charge is 0.356 e. The van der Waals surface area contributed by atoms with E-state index >= 15 is 0 Å². The number of hydrogen-bond donors (Lipinski definition) is 2. The molecule has 0 aromatic rings. The maximum Gasteiger partial charge on any atom is 0.190 e. The molecule has 2 N–H and O–H groups in total. The minimum Gasteiger partial charge on any atom is -0.356 e. The Bertz CT molecular complexity index is 338. The summed E-state index contributed by atoms with van der Waals surface area (Å²) in [5.41, 5.74) is 0. The van der Waals surface area contributed by atoms with Crippen LogP contribution in [-0.4, -0.2) is 50.1 Å². The first-order valence-corrected chi connectivity index (χ1v) is 9.45. The minimum absolute atomic E-state index is 0.773. The van der Waals surface area contributed by atoms with Crippen LogP contribution in [0.1, 0.15) is 58.8 Å². The molecule has 128 valence electrons. The van der Waals surface area contributed by atoms with Crippen LogP contribution in [-0.2, 0) is 0 Å². The zero-order chi connectivity index (χ0) is 15.8. The van der Waals surface area contributed by atoms with Crippen LogP contribution in [0.4, 0.5) is 0 Å². The molecule has 0 bridgehead atoms. The Kier molecular flexibility index (Phi) is 7.50. The van der Waals surface area contributed by atoms with Crippen LogP contribution in [0.15, 0.2) is 4.99 Å². The average Bonchev–Trinajstić information content (AvgIpc) is 3.29. The molecule has 1 saturated heterocycles. The standard InChI is InChI=1S/C18H36N4/c1-4-6-7-15(5-2)12-20-18(19-3)21-13-16-10-11-22(14-16)17-8-9-17/h15-17H,4-14H2,1-3H3,(H2,19,20,21). The zero-order valence-electron chi connectivity index (χ0n) is 14.9. The van der Waals surface area contributed by atoms with Crippen LogP contribution in [0.2, 0.25) is 0 Å². The molecule has 2 atom stereocenters. The van der Waals surface area contributed by atoms with Gasteiger partial charge < -0.3 is 15.5 Å². The van der Waals surface area contributed by atoms with Gasteiger partial charge in [-0.3, -0.25) is 4.99 Å². The predicted molar refractivity (Wildman–Crippen MR) is 95.4 cm³/mol. The smallest absolute Gasteiger partial charge is 0.190 e. The van der Waals surface area contributed by atoms with Crippen molar-refractivity contribution in [2.24, 2.45) is 16.8 Å². The van der Waals surface area contributed by atoms with Gasteiger partial charge >= 0.3 is 0 Å². The molecule has 1 saturated carbocycles. The lowest BCUT2D eigenvalue weighted by Gasteiger charge is -2.19. The van der Waals surface area contributed by atoms with Crippen molar-refractivity contribution in [2.75, 3.05) is 33.2 Å². The normalized spacial score (nSPS) is 24.5. The molecule has 4 heteroatoms. The van der Waals surface area contributed by atoms with Gasteiger partial charge in [0.2, 0.25) is 0 Å². The van der Waals surface area contributed by atoms with E-state index in [1.807, 2.05) is 7.05 Å². The second-order valence-corrected chi connectivity index (χ2v) is 7.13. The van der Waals surface area contributed by atoms with E-state index in [1.165, 1.54) is 58.0 Å². The number of likely N-dealkylation sites (tertiary alicyclic amines) is 1. The van der Waals surface area contributed by atoms with Crippen LogP contribution >= 0.6 is 0 Å². The SMILES string of the molecule is CCCCC(CC)CNC(=NC)NCC1CCN(C2CC2)C1. The van der Waals surface area contributed by atoms with Crippen molar-refractivity contribution in [3.8, 4) is 0 Å². The highest BCUT2D eigenvalue weighted by molar-refractivity contribution is 5.79. The Morgan fingerprint density at radius 1 is 1.23 bits per heavy atom. The highest BCUT2D eigenvalue weighted by Gasteiger charge is 2.34. The van der Waals surface area contributed by atoms with Gasteiger partial charge in [0.15, 0.2) is 5.96 Å². The predicted octanol–water partition coefficient (Wildman–Crippen LogP) is 2.85. The summed E-state index contributed by atoms with van der Waals surface area (Å²) in [6.45, 7) is 9.26. The monoisotopic (exact) mass is 308 g/mol. The van der Waals surface area contributed by atoms with E-state index < -0.39 is 0 Å². The van der Waals surface area contributed by atoms with E-state index in [0.717, 1.165) is 36.9 Å². The topological polar surface area (TPSA) is 39.7 Å². The molecular formula is C18H36N4. The molecule has 0 aromatic carbocycles. The molecule has 1 aliphatic heterocycles. The second kappa shape index (κ2) is 9.39. The number of rotatable bonds is 9. The molecule has 2 fully saturated rings. The fraction of sp³-hybridized carbons (Fsp3) is 0.944. The third-order valence-electron chi connectivity index (χ3n) is 5.26. The van der Waals surface area contributed by atoms with E-state index in [-0.39, 0.29) is 0 Å². The molecule has 0 aromatic heterocycles. The summed E-state index contributed by atoms with van der Waals surface area (Å²) in [6, 6.07) is 0.923. The summed E-state index contributed by atoms with van der Waals surface area (Å²) in [4.78, 5) is 7.06. The quantitative estimate of drug-likeness (QED) is 0.508. The van der Waals surface area contributed by atoms with Gasteiger partial charge in [0.25, 0.3) is 0 Å². The van der Waals surface area contributed by atoms with Crippen molar-refractivity contribution in [3.63, 3.8) is 0 Å². The number of nitrogens with one attached hydrogen (secondary N) is 2. The van der Waals surface area contributed by atoms with Gasteiger partial charge in [-0.25, -0.2) is 0 Å². The van der Waals surface area contributed by atoms with E-state index in [2.05, 4.69) is 34.4 Å². The lowest BCUT2D eigenvalue weighted by atomic mass is 9.99. The van der Waals surface area contributed by atoms with Gasteiger partial charge in [-0.2, -0.15) is 0 Å². The first-order valence-electron chi connectivity index (χ1n) is 9.45.